The number of fused-ring (bicyclic) bond motifs is 1. The topological polar surface area (TPSA) is 101 Å². The molecule has 174 valence electrons. The Morgan fingerprint density at radius 2 is 2.00 bits per heavy atom. The Morgan fingerprint density at radius 3 is 2.62 bits per heavy atom. The van der Waals surface area contributed by atoms with Crippen LogP contribution >= 0.6 is 0 Å². The fourth-order valence-corrected chi connectivity index (χ4v) is 3.76. The highest BCUT2D eigenvalue weighted by Gasteiger charge is 2.39. The number of carbonyl (C=O) groups is 2. The summed E-state index contributed by atoms with van der Waals surface area (Å²) >= 11 is 0. The second-order valence-electron chi connectivity index (χ2n) is 9.33. The van der Waals surface area contributed by atoms with Gasteiger partial charge < -0.3 is 4.74 Å². The van der Waals surface area contributed by atoms with Crippen molar-refractivity contribution in [2.24, 2.45) is 0 Å². The number of benzene rings is 1. The molecular weight excluding hydrogens is 437 g/mol. The van der Waals surface area contributed by atoms with Crippen molar-refractivity contribution in [3.63, 3.8) is 0 Å². The lowest BCUT2D eigenvalue weighted by Gasteiger charge is -2.23. The second kappa shape index (κ2) is 8.37. The van der Waals surface area contributed by atoms with E-state index in [-0.39, 0.29) is 35.0 Å². The smallest absolute Gasteiger partial charge is 0.417 e. The van der Waals surface area contributed by atoms with Gasteiger partial charge in [0.15, 0.2) is 0 Å². The number of rotatable bonds is 3. The molecule has 0 atom stereocenters. The summed E-state index contributed by atoms with van der Waals surface area (Å²) in [6.07, 6.45) is 2.60. The maximum absolute atomic E-state index is 14.8. The van der Waals surface area contributed by atoms with E-state index in [0.717, 1.165) is 4.90 Å². The predicted molar refractivity (Wildman–Crippen MR) is 122 cm³/mol. The van der Waals surface area contributed by atoms with Crippen LogP contribution in [0.2, 0.25) is 0 Å². The molecule has 0 fully saturated rings. The van der Waals surface area contributed by atoms with E-state index in [1.165, 1.54) is 18.2 Å². The van der Waals surface area contributed by atoms with Gasteiger partial charge in [0.25, 0.3) is 5.91 Å². The van der Waals surface area contributed by atoms with Crippen molar-refractivity contribution >= 4 is 12.0 Å². The van der Waals surface area contributed by atoms with Gasteiger partial charge in [0.1, 0.15) is 11.4 Å². The molecule has 1 aliphatic rings. The number of nitrogens with zero attached hydrogens (tertiary/aromatic N) is 5. The molecule has 0 radical (unpaired) electrons. The number of nitriles is 1. The lowest BCUT2D eigenvalue weighted by atomic mass is 9.97. The Morgan fingerprint density at radius 1 is 1.26 bits per heavy atom. The molecule has 4 rings (SSSR count). The van der Waals surface area contributed by atoms with Crippen molar-refractivity contribution in [2.75, 3.05) is 0 Å². The van der Waals surface area contributed by atoms with Crippen LogP contribution in [0.3, 0.4) is 0 Å². The molecular formula is C25H24FN5O3. The molecule has 2 amide bonds. The average molecular weight is 461 g/mol. The minimum atomic E-state index is -0.791. The van der Waals surface area contributed by atoms with Crippen LogP contribution in [0.15, 0.2) is 36.7 Å². The van der Waals surface area contributed by atoms with Gasteiger partial charge in [0.2, 0.25) is 0 Å². The first-order chi connectivity index (χ1) is 16.0. The Kier molecular flexibility index (Phi) is 5.69. The lowest BCUT2D eigenvalue weighted by Crippen LogP contribution is -2.37. The number of hydrogen-bond acceptors (Lipinski definition) is 6. The first-order valence-electron chi connectivity index (χ1n) is 10.8. The van der Waals surface area contributed by atoms with Gasteiger partial charge in [-0.2, -0.15) is 10.4 Å². The van der Waals surface area contributed by atoms with Gasteiger partial charge in [-0.1, -0.05) is 6.07 Å². The summed E-state index contributed by atoms with van der Waals surface area (Å²) in [6, 6.07) is 7.84. The van der Waals surface area contributed by atoms with E-state index in [4.69, 9.17) is 4.74 Å². The molecule has 0 saturated carbocycles. The number of ether oxygens (including phenoxy) is 1. The number of hydrogen-bond donors (Lipinski definition) is 0. The number of aromatic nitrogens is 3. The summed E-state index contributed by atoms with van der Waals surface area (Å²) in [4.78, 5) is 31.5. The lowest BCUT2D eigenvalue weighted by molar-refractivity contribution is 0.0247. The first kappa shape index (κ1) is 23.1. The van der Waals surface area contributed by atoms with E-state index >= 15 is 0 Å². The number of imide groups is 1. The normalized spacial score (nSPS) is 13.2. The van der Waals surface area contributed by atoms with Crippen molar-refractivity contribution < 1.29 is 18.7 Å². The van der Waals surface area contributed by atoms with Crippen molar-refractivity contribution in [3.05, 3.63) is 59.3 Å². The zero-order valence-electron chi connectivity index (χ0n) is 19.6. The summed E-state index contributed by atoms with van der Waals surface area (Å²) in [5.74, 6) is -1.16. The van der Waals surface area contributed by atoms with Crippen LogP contribution in [0, 0.1) is 17.1 Å². The van der Waals surface area contributed by atoms with Crippen LogP contribution < -0.4 is 0 Å². The monoisotopic (exact) mass is 461 g/mol. The number of pyridine rings is 1. The van der Waals surface area contributed by atoms with E-state index in [0.29, 0.717) is 16.8 Å². The van der Waals surface area contributed by atoms with Gasteiger partial charge >= 0.3 is 6.09 Å². The van der Waals surface area contributed by atoms with Crippen LogP contribution in [-0.4, -0.2) is 37.3 Å². The van der Waals surface area contributed by atoms with Crippen LogP contribution in [0.4, 0.5) is 9.18 Å². The Labute approximate surface area is 196 Å². The molecule has 0 N–H and O–H groups in total. The van der Waals surface area contributed by atoms with Crippen LogP contribution in [0.1, 0.15) is 62.3 Å². The third kappa shape index (κ3) is 4.15. The fourth-order valence-electron chi connectivity index (χ4n) is 3.76. The minimum Gasteiger partial charge on any atom is -0.443 e. The molecule has 1 aromatic carbocycles. The predicted octanol–water partition coefficient (Wildman–Crippen LogP) is 5.09. The molecule has 0 spiro atoms. The van der Waals surface area contributed by atoms with Crippen LogP contribution in [0.5, 0.6) is 0 Å². The molecule has 0 bridgehead atoms. The molecule has 1 aliphatic heterocycles. The molecule has 0 aliphatic carbocycles. The summed E-state index contributed by atoms with van der Waals surface area (Å²) in [5, 5.41) is 13.9. The maximum atomic E-state index is 14.8. The summed E-state index contributed by atoms with van der Waals surface area (Å²) in [6.45, 7) is 8.94. The fraction of sp³-hybridized carbons (Fsp3) is 0.320. The molecule has 8 nitrogen and oxygen atoms in total. The van der Waals surface area contributed by atoms with Crippen molar-refractivity contribution in [3.8, 4) is 28.5 Å². The molecule has 9 heteroatoms. The van der Waals surface area contributed by atoms with E-state index in [1.54, 1.807) is 43.9 Å². The maximum Gasteiger partial charge on any atom is 0.417 e. The number of carbonyl (C=O) groups excluding carboxylic acids is 2. The summed E-state index contributed by atoms with van der Waals surface area (Å²) < 4.78 is 22.0. The zero-order valence-corrected chi connectivity index (χ0v) is 19.6. The van der Waals surface area contributed by atoms with Gasteiger partial charge in [0.05, 0.1) is 46.9 Å². The van der Waals surface area contributed by atoms with E-state index in [9.17, 15) is 19.2 Å². The highest BCUT2D eigenvalue weighted by Crippen LogP contribution is 2.37. The molecule has 3 aromatic rings. The zero-order chi connectivity index (χ0) is 24.8. The van der Waals surface area contributed by atoms with Crippen LogP contribution in [-0.2, 0) is 11.3 Å². The second-order valence-corrected chi connectivity index (χ2v) is 9.33. The van der Waals surface area contributed by atoms with E-state index in [1.807, 2.05) is 19.9 Å². The first-order valence-corrected chi connectivity index (χ1v) is 10.8. The molecule has 34 heavy (non-hydrogen) atoms. The third-order valence-electron chi connectivity index (χ3n) is 5.31. The molecule has 0 saturated heterocycles. The Hall–Kier alpha value is -4.06. The van der Waals surface area contributed by atoms with Gasteiger partial charge in [-0.3, -0.25) is 9.48 Å². The van der Waals surface area contributed by atoms with E-state index < -0.39 is 23.4 Å². The van der Waals surface area contributed by atoms with Crippen molar-refractivity contribution in [2.45, 2.75) is 52.8 Å². The number of halogens is 1. The van der Waals surface area contributed by atoms with E-state index in [2.05, 4.69) is 10.1 Å². The van der Waals surface area contributed by atoms with Crippen molar-refractivity contribution in [1.82, 2.24) is 19.7 Å². The average Bonchev–Trinajstić information content (AvgIpc) is 3.37. The van der Waals surface area contributed by atoms with Gasteiger partial charge in [0, 0.05) is 23.4 Å². The minimum absolute atomic E-state index is 0.0356. The highest BCUT2D eigenvalue weighted by molar-refractivity contribution is 6.10. The quantitative estimate of drug-likeness (QED) is 0.538. The SMILES string of the molecule is CC(C)n1cc(-c2cc(-c3c(F)cccc3C#N)nc3c2C(=O)N(C(=O)OC(C)(C)C)C3)cn1. The Bertz CT molecular complexity index is 1350. The highest BCUT2D eigenvalue weighted by atomic mass is 19.1. The molecule has 0 unspecified atom stereocenters. The largest absolute Gasteiger partial charge is 0.443 e. The third-order valence-corrected chi connectivity index (χ3v) is 5.31. The molecule has 3 heterocycles. The Balaban J connectivity index is 1.91. The van der Waals surface area contributed by atoms with Crippen LogP contribution in [0.25, 0.3) is 22.4 Å². The summed E-state index contributed by atoms with van der Waals surface area (Å²) in [7, 11) is 0. The molecule has 2 aromatic heterocycles. The van der Waals surface area contributed by atoms with Crippen molar-refractivity contribution in [1.29, 1.82) is 5.26 Å². The summed E-state index contributed by atoms with van der Waals surface area (Å²) in [5.41, 5.74) is 1.15. The van der Waals surface area contributed by atoms with Gasteiger partial charge in [-0.25, -0.2) is 19.1 Å². The van der Waals surface area contributed by atoms with Gasteiger partial charge in [-0.05, 0) is 52.8 Å². The standard InChI is InChI=1S/C25H24FN5O3/c1-14(2)31-12-16(11-28-31)17-9-19(21-15(10-27)7-6-8-18(21)26)29-20-13-30(23(32)22(17)20)24(33)34-25(3,4)5/h6-9,11-12,14H,13H2,1-5H3. The van der Waals surface area contributed by atoms with Gasteiger partial charge in [-0.15, -0.1) is 0 Å². The number of amides is 2.